The van der Waals surface area contributed by atoms with E-state index in [2.05, 4.69) is 5.32 Å². The molecule has 0 atom stereocenters. The summed E-state index contributed by atoms with van der Waals surface area (Å²) in [6, 6.07) is 6.42. The number of hydrogen-bond acceptors (Lipinski definition) is 6. The molecule has 0 aliphatic carbocycles. The summed E-state index contributed by atoms with van der Waals surface area (Å²) in [5.74, 6) is -1.84. The van der Waals surface area contributed by atoms with Crippen molar-refractivity contribution < 1.29 is 32.3 Å². The molecule has 0 bridgehead atoms. The second kappa shape index (κ2) is 6.98. The van der Waals surface area contributed by atoms with Crippen molar-refractivity contribution >= 4 is 27.4 Å². The summed E-state index contributed by atoms with van der Waals surface area (Å²) in [6.07, 6.45) is 0.755. The van der Waals surface area contributed by atoms with E-state index in [1.165, 1.54) is 30.3 Å². The minimum atomic E-state index is -3.58. The highest BCUT2D eigenvalue weighted by Gasteiger charge is 2.19. The molecule has 134 valence electrons. The average Bonchev–Trinajstić information content (AvgIpc) is 2.98. The third-order valence-corrected chi connectivity index (χ3v) is 3.96. The van der Waals surface area contributed by atoms with Crippen molar-refractivity contribution in [2.45, 2.75) is 25.0 Å². The van der Waals surface area contributed by atoms with Gasteiger partial charge < -0.3 is 19.6 Å². The molecule has 1 aromatic carbocycles. The molecular formula is C16H17NO7S. The molecule has 0 saturated heterocycles. The fourth-order valence-corrected chi connectivity index (χ4v) is 2.50. The van der Waals surface area contributed by atoms with Gasteiger partial charge in [0.2, 0.25) is 14.9 Å². The normalized spacial score (nSPS) is 11.4. The summed E-state index contributed by atoms with van der Waals surface area (Å²) in [4.78, 5) is 23.4. The molecule has 0 aliphatic rings. The molecule has 2 N–H and O–H groups in total. The molecule has 9 heteroatoms. The van der Waals surface area contributed by atoms with Gasteiger partial charge in [0.05, 0.1) is 17.4 Å². The number of furan rings is 1. The highest BCUT2D eigenvalue weighted by molar-refractivity contribution is 7.90. The van der Waals surface area contributed by atoms with Gasteiger partial charge in [-0.05, 0) is 44.2 Å². The summed E-state index contributed by atoms with van der Waals surface area (Å²) >= 11 is 0. The van der Waals surface area contributed by atoms with Crippen LogP contribution in [0.5, 0.6) is 5.75 Å². The number of carbonyl (C=O) groups excluding carboxylic acids is 1. The van der Waals surface area contributed by atoms with E-state index >= 15 is 0 Å². The van der Waals surface area contributed by atoms with E-state index in [4.69, 9.17) is 14.3 Å². The number of carboxylic acids is 1. The minimum Gasteiger partial charge on any atom is -0.489 e. The number of ether oxygens (including phenoxy) is 1. The van der Waals surface area contributed by atoms with Crippen molar-refractivity contribution in [3.63, 3.8) is 0 Å². The van der Waals surface area contributed by atoms with Gasteiger partial charge in [0.25, 0.3) is 5.91 Å². The molecular weight excluding hydrogens is 350 g/mol. The van der Waals surface area contributed by atoms with Gasteiger partial charge in [-0.2, -0.15) is 0 Å². The third kappa shape index (κ3) is 4.60. The van der Waals surface area contributed by atoms with Crippen LogP contribution in [0.25, 0.3) is 0 Å². The highest BCUT2D eigenvalue weighted by atomic mass is 32.2. The van der Waals surface area contributed by atoms with Gasteiger partial charge in [-0.3, -0.25) is 4.79 Å². The lowest BCUT2D eigenvalue weighted by molar-refractivity contribution is 0.0696. The first-order valence-electron chi connectivity index (χ1n) is 7.23. The molecule has 8 nitrogen and oxygen atoms in total. The molecule has 25 heavy (non-hydrogen) atoms. The zero-order valence-electron chi connectivity index (χ0n) is 13.8. The van der Waals surface area contributed by atoms with Crippen molar-refractivity contribution in [3.05, 3.63) is 41.7 Å². The smallest absolute Gasteiger partial charge is 0.335 e. The number of sulfone groups is 1. The van der Waals surface area contributed by atoms with E-state index in [0.29, 0.717) is 0 Å². The van der Waals surface area contributed by atoms with E-state index in [-0.39, 0.29) is 34.0 Å². The largest absolute Gasteiger partial charge is 0.489 e. The Morgan fingerprint density at radius 1 is 1.20 bits per heavy atom. The van der Waals surface area contributed by atoms with Gasteiger partial charge in [-0.1, -0.05) is 0 Å². The Bertz CT molecular complexity index is 912. The Kier molecular flexibility index (Phi) is 5.17. The number of hydrogen-bond donors (Lipinski definition) is 2. The Morgan fingerprint density at radius 2 is 1.88 bits per heavy atom. The molecule has 1 amide bonds. The standard InChI is InChI=1S/C16H17NO7S/c1-9(2)23-12-5-4-10(16(19)20)8-11(12)17-15(18)13-6-7-14(24-13)25(3,21)22/h4-9H,1-3H3,(H,17,18)(H,19,20). The van der Waals surface area contributed by atoms with Crippen LogP contribution >= 0.6 is 0 Å². The van der Waals surface area contributed by atoms with Crippen LogP contribution in [-0.4, -0.2) is 37.8 Å². The van der Waals surface area contributed by atoms with E-state index < -0.39 is 21.7 Å². The SMILES string of the molecule is CC(C)Oc1ccc(C(=O)O)cc1NC(=O)c1ccc(S(C)(=O)=O)o1. The first kappa shape index (κ1) is 18.5. The maximum Gasteiger partial charge on any atom is 0.335 e. The lowest BCUT2D eigenvalue weighted by Gasteiger charge is -2.15. The second-order valence-electron chi connectivity index (χ2n) is 5.53. The van der Waals surface area contributed by atoms with E-state index in [0.717, 1.165) is 6.26 Å². The molecule has 2 aromatic rings. The lowest BCUT2D eigenvalue weighted by atomic mass is 10.2. The van der Waals surface area contributed by atoms with Crippen molar-refractivity contribution in [2.24, 2.45) is 0 Å². The maximum absolute atomic E-state index is 12.3. The number of benzene rings is 1. The summed E-state index contributed by atoms with van der Waals surface area (Å²) in [6.45, 7) is 3.56. The van der Waals surface area contributed by atoms with Crippen LogP contribution < -0.4 is 10.1 Å². The molecule has 0 saturated carbocycles. The fourth-order valence-electron chi connectivity index (χ4n) is 1.94. The first-order valence-corrected chi connectivity index (χ1v) is 9.12. The quantitative estimate of drug-likeness (QED) is 0.803. The topological polar surface area (TPSA) is 123 Å². The Labute approximate surface area is 144 Å². The molecule has 0 fully saturated rings. The van der Waals surface area contributed by atoms with Gasteiger partial charge in [-0.15, -0.1) is 0 Å². The lowest BCUT2D eigenvalue weighted by Crippen LogP contribution is -2.15. The van der Waals surface area contributed by atoms with Gasteiger partial charge in [-0.25, -0.2) is 13.2 Å². The van der Waals surface area contributed by atoms with Crippen LogP contribution in [-0.2, 0) is 9.84 Å². The number of carbonyl (C=O) groups is 2. The molecule has 0 radical (unpaired) electrons. The van der Waals surface area contributed by atoms with Crippen LogP contribution in [0.1, 0.15) is 34.8 Å². The zero-order chi connectivity index (χ0) is 18.8. The summed E-state index contributed by atoms with van der Waals surface area (Å²) in [5.41, 5.74) is 0.0959. The van der Waals surface area contributed by atoms with Crippen molar-refractivity contribution in [3.8, 4) is 5.75 Å². The third-order valence-electron chi connectivity index (χ3n) is 3.01. The van der Waals surface area contributed by atoms with Crippen LogP contribution in [0.4, 0.5) is 5.69 Å². The predicted molar refractivity (Wildman–Crippen MR) is 88.9 cm³/mol. The fraction of sp³-hybridized carbons (Fsp3) is 0.250. The van der Waals surface area contributed by atoms with E-state index in [1.54, 1.807) is 13.8 Å². The zero-order valence-corrected chi connectivity index (χ0v) is 14.6. The van der Waals surface area contributed by atoms with Gasteiger partial charge in [0.1, 0.15) is 5.75 Å². The first-order chi connectivity index (χ1) is 11.6. The Morgan fingerprint density at radius 3 is 2.40 bits per heavy atom. The number of aromatic carboxylic acids is 1. The van der Waals surface area contributed by atoms with Crippen LogP contribution in [0.15, 0.2) is 39.8 Å². The van der Waals surface area contributed by atoms with Gasteiger partial charge in [0, 0.05) is 6.26 Å². The maximum atomic E-state index is 12.3. The number of rotatable bonds is 6. The van der Waals surface area contributed by atoms with Crippen molar-refractivity contribution in [1.29, 1.82) is 0 Å². The Balaban J connectivity index is 2.33. The molecule has 1 heterocycles. The Hall–Kier alpha value is -2.81. The van der Waals surface area contributed by atoms with Crippen LogP contribution in [0.2, 0.25) is 0 Å². The molecule has 0 unspecified atom stereocenters. The summed E-state index contributed by atoms with van der Waals surface area (Å²) in [5, 5.41) is 11.2. The number of anilines is 1. The number of carboxylic acid groups (broad SMARTS) is 1. The summed E-state index contributed by atoms with van der Waals surface area (Å²) < 4.78 is 33.4. The molecule has 0 aliphatic heterocycles. The van der Waals surface area contributed by atoms with Gasteiger partial charge >= 0.3 is 5.97 Å². The minimum absolute atomic E-state index is 0.0392. The molecule has 1 aromatic heterocycles. The second-order valence-corrected chi connectivity index (χ2v) is 7.47. The highest BCUT2D eigenvalue weighted by Crippen LogP contribution is 2.28. The van der Waals surface area contributed by atoms with Gasteiger partial charge in [0.15, 0.2) is 5.76 Å². The molecule has 0 spiro atoms. The number of amides is 1. The van der Waals surface area contributed by atoms with Crippen molar-refractivity contribution in [1.82, 2.24) is 0 Å². The molecule has 2 rings (SSSR count). The van der Waals surface area contributed by atoms with E-state index in [9.17, 15) is 18.0 Å². The monoisotopic (exact) mass is 367 g/mol. The van der Waals surface area contributed by atoms with E-state index in [1.807, 2.05) is 0 Å². The average molecular weight is 367 g/mol. The van der Waals surface area contributed by atoms with Crippen LogP contribution in [0, 0.1) is 0 Å². The van der Waals surface area contributed by atoms with Crippen molar-refractivity contribution in [2.75, 3.05) is 11.6 Å². The van der Waals surface area contributed by atoms with Crippen LogP contribution in [0.3, 0.4) is 0 Å². The summed E-state index contributed by atoms with van der Waals surface area (Å²) in [7, 11) is -3.58. The predicted octanol–water partition coefficient (Wildman–Crippen LogP) is 2.42. The number of nitrogens with one attached hydrogen (secondary N) is 1.